The molecular weight excluding hydrogens is 354 g/mol. The highest BCUT2D eigenvalue weighted by molar-refractivity contribution is 7.99. The summed E-state index contributed by atoms with van der Waals surface area (Å²) in [6, 6.07) is 20.3. The number of carbonyl (C=O) groups is 1. The lowest BCUT2D eigenvalue weighted by atomic mass is 10.0. The fourth-order valence-corrected chi connectivity index (χ4v) is 3.47. The van der Waals surface area contributed by atoms with Crippen molar-refractivity contribution in [3.05, 3.63) is 77.4 Å². The molecule has 27 heavy (non-hydrogen) atoms. The Bertz CT molecular complexity index is 895. The van der Waals surface area contributed by atoms with E-state index in [4.69, 9.17) is 0 Å². The molecule has 0 radical (unpaired) electrons. The Morgan fingerprint density at radius 3 is 2.52 bits per heavy atom. The van der Waals surface area contributed by atoms with Crippen LogP contribution in [0.2, 0.25) is 0 Å². The van der Waals surface area contributed by atoms with E-state index < -0.39 is 0 Å². The molecule has 0 saturated carbocycles. The number of aromatic nitrogens is 2. The highest BCUT2D eigenvalue weighted by Gasteiger charge is 2.07. The smallest absolute Gasteiger partial charge is 0.230 e. The van der Waals surface area contributed by atoms with Gasteiger partial charge in [-0.1, -0.05) is 65.9 Å². The number of nitrogens with zero attached hydrogens (tertiary/aromatic N) is 2. The summed E-state index contributed by atoms with van der Waals surface area (Å²) in [5, 5.41) is 12.3. The number of benzene rings is 2. The Hall–Kier alpha value is -2.66. The molecule has 1 N–H and O–H groups in total. The molecule has 0 saturated heterocycles. The molecule has 0 spiro atoms. The predicted molar refractivity (Wildman–Crippen MR) is 111 cm³/mol. The number of carbonyl (C=O) groups excluding carboxylic acids is 1. The molecule has 0 aliphatic rings. The maximum Gasteiger partial charge on any atom is 0.230 e. The molecule has 0 aliphatic heterocycles. The Balaban J connectivity index is 1.47. The first-order valence-electron chi connectivity index (χ1n) is 8.96. The molecule has 1 amide bonds. The van der Waals surface area contributed by atoms with Gasteiger partial charge in [-0.05, 0) is 43.5 Å². The fraction of sp³-hybridized carbons (Fsp3) is 0.227. The molecule has 4 nitrogen and oxygen atoms in total. The standard InChI is InChI=1S/C22H23N3OS/c1-16-8-9-19(17(2)14-16)20-10-11-22(25-24-20)27-15-21(26)23-13-12-18-6-4-3-5-7-18/h3-11,14H,12-13,15H2,1-2H3,(H,23,26). The van der Waals surface area contributed by atoms with Gasteiger partial charge in [-0.15, -0.1) is 10.2 Å². The maximum absolute atomic E-state index is 12.0. The molecule has 3 rings (SSSR count). The summed E-state index contributed by atoms with van der Waals surface area (Å²) in [5.41, 5.74) is 5.57. The van der Waals surface area contributed by atoms with Gasteiger partial charge in [-0.3, -0.25) is 4.79 Å². The fourth-order valence-electron chi connectivity index (χ4n) is 2.82. The van der Waals surface area contributed by atoms with Crippen LogP contribution in [0.1, 0.15) is 16.7 Å². The topological polar surface area (TPSA) is 54.9 Å². The van der Waals surface area contributed by atoms with Crippen LogP contribution in [0.25, 0.3) is 11.3 Å². The van der Waals surface area contributed by atoms with Crippen LogP contribution in [0.4, 0.5) is 0 Å². The number of thioether (sulfide) groups is 1. The van der Waals surface area contributed by atoms with Gasteiger partial charge in [0.25, 0.3) is 0 Å². The van der Waals surface area contributed by atoms with Crippen molar-refractivity contribution in [3.8, 4) is 11.3 Å². The second-order valence-electron chi connectivity index (χ2n) is 6.45. The molecule has 138 valence electrons. The monoisotopic (exact) mass is 377 g/mol. The van der Waals surface area contributed by atoms with Crippen LogP contribution in [-0.2, 0) is 11.2 Å². The summed E-state index contributed by atoms with van der Waals surface area (Å²) in [5.74, 6) is 0.350. The van der Waals surface area contributed by atoms with Gasteiger partial charge < -0.3 is 5.32 Å². The van der Waals surface area contributed by atoms with E-state index in [1.807, 2.05) is 30.3 Å². The van der Waals surface area contributed by atoms with E-state index in [-0.39, 0.29) is 5.91 Å². The zero-order valence-electron chi connectivity index (χ0n) is 15.6. The van der Waals surface area contributed by atoms with Gasteiger partial charge in [0.2, 0.25) is 5.91 Å². The highest BCUT2D eigenvalue weighted by atomic mass is 32.2. The van der Waals surface area contributed by atoms with E-state index >= 15 is 0 Å². The Morgan fingerprint density at radius 1 is 1.00 bits per heavy atom. The lowest BCUT2D eigenvalue weighted by Gasteiger charge is -2.07. The maximum atomic E-state index is 12.0. The first-order valence-corrected chi connectivity index (χ1v) is 9.95. The summed E-state index contributed by atoms with van der Waals surface area (Å²) < 4.78 is 0. The average Bonchev–Trinajstić information content (AvgIpc) is 2.68. The molecular formula is C22H23N3OS. The molecule has 1 heterocycles. The molecule has 3 aromatic rings. The summed E-state index contributed by atoms with van der Waals surface area (Å²) in [4.78, 5) is 12.0. The zero-order valence-corrected chi connectivity index (χ0v) is 16.4. The summed E-state index contributed by atoms with van der Waals surface area (Å²) >= 11 is 1.40. The van der Waals surface area contributed by atoms with Gasteiger partial charge in [0.1, 0.15) is 5.03 Å². The molecule has 2 aromatic carbocycles. The van der Waals surface area contributed by atoms with E-state index in [9.17, 15) is 4.79 Å². The minimum atomic E-state index is 0.0104. The molecule has 0 aliphatic carbocycles. The summed E-state index contributed by atoms with van der Waals surface area (Å²) in [6.45, 7) is 4.79. The number of nitrogens with one attached hydrogen (secondary N) is 1. The second kappa shape index (κ2) is 9.33. The molecule has 1 aromatic heterocycles. The third-order valence-corrected chi connectivity index (χ3v) is 5.15. The minimum Gasteiger partial charge on any atom is -0.355 e. The third kappa shape index (κ3) is 5.66. The zero-order chi connectivity index (χ0) is 19.1. The minimum absolute atomic E-state index is 0.0104. The lowest BCUT2D eigenvalue weighted by molar-refractivity contribution is -0.118. The number of hydrogen-bond donors (Lipinski definition) is 1. The molecule has 0 atom stereocenters. The van der Waals surface area contributed by atoms with Gasteiger partial charge in [-0.25, -0.2) is 0 Å². The van der Waals surface area contributed by atoms with Gasteiger partial charge in [0, 0.05) is 12.1 Å². The van der Waals surface area contributed by atoms with Crippen molar-refractivity contribution < 1.29 is 4.79 Å². The third-order valence-electron chi connectivity index (χ3n) is 4.23. The van der Waals surface area contributed by atoms with E-state index in [0.717, 1.165) is 22.7 Å². The van der Waals surface area contributed by atoms with Crippen LogP contribution >= 0.6 is 11.8 Å². The van der Waals surface area contributed by atoms with Gasteiger partial charge in [-0.2, -0.15) is 0 Å². The van der Waals surface area contributed by atoms with Crippen LogP contribution in [0.5, 0.6) is 0 Å². The van der Waals surface area contributed by atoms with Gasteiger partial charge in [0.05, 0.1) is 11.4 Å². The Kier molecular flexibility index (Phi) is 6.60. The molecule has 5 heteroatoms. The number of aryl methyl sites for hydroxylation is 2. The first-order chi connectivity index (χ1) is 13.1. The molecule has 0 unspecified atom stereocenters. The lowest BCUT2D eigenvalue weighted by Crippen LogP contribution is -2.27. The predicted octanol–water partition coefficient (Wildman–Crippen LogP) is 4.21. The van der Waals surface area contributed by atoms with E-state index in [1.165, 1.54) is 28.5 Å². The molecule has 0 fully saturated rings. The van der Waals surface area contributed by atoms with Crippen LogP contribution in [0.15, 0.2) is 65.7 Å². The Morgan fingerprint density at radius 2 is 1.81 bits per heavy atom. The van der Waals surface area contributed by atoms with Crippen molar-refractivity contribution in [2.45, 2.75) is 25.3 Å². The average molecular weight is 378 g/mol. The van der Waals surface area contributed by atoms with Crippen LogP contribution in [-0.4, -0.2) is 28.4 Å². The van der Waals surface area contributed by atoms with Crippen molar-refractivity contribution in [2.75, 3.05) is 12.3 Å². The van der Waals surface area contributed by atoms with Crippen molar-refractivity contribution in [1.82, 2.24) is 15.5 Å². The van der Waals surface area contributed by atoms with Crippen molar-refractivity contribution in [3.63, 3.8) is 0 Å². The highest BCUT2D eigenvalue weighted by Crippen LogP contribution is 2.23. The van der Waals surface area contributed by atoms with Crippen LogP contribution < -0.4 is 5.32 Å². The van der Waals surface area contributed by atoms with Crippen molar-refractivity contribution in [1.29, 1.82) is 0 Å². The van der Waals surface area contributed by atoms with E-state index in [0.29, 0.717) is 12.3 Å². The van der Waals surface area contributed by atoms with E-state index in [1.54, 1.807) is 0 Å². The van der Waals surface area contributed by atoms with E-state index in [2.05, 4.69) is 59.7 Å². The first kappa shape index (κ1) is 19.1. The number of hydrogen-bond acceptors (Lipinski definition) is 4. The normalized spacial score (nSPS) is 10.6. The SMILES string of the molecule is Cc1ccc(-c2ccc(SCC(=O)NCCc3ccccc3)nn2)c(C)c1. The Labute approximate surface area is 164 Å². The van der Waals surface area contributed by atoms with Crippen LogP contribution in [0.3, 0.4) is 0 Å². The van der Waals surface area contributed by atoms with Gasteiger partial charge >= 0.3 is 0 Å². The number of rotatable bonds is 7. The number of amides is 1. The quantitative estimate of drug-likeness (QED) is 0.627. The summed E-state index contributed by atoms with van der Waals surface area (Å²) in [6.07, 6.45) is 0.835. The summed E-state index contributed by atoms with van der Waals surface area (Å²) in [7, 11) is 0. The van der Waals surface area contributed by atoms with Gasteiger partial charge in [0.15, 0.2) is 0 Å². The van der Waals surface area contributed by atoms with Crippen molar-refractivity contribution >= 4 is 17.7 Å². The van der Waals surface area contributed by atoms with Crippen molar-refractivity contribution in [2.24, 2.45) is 0 Å². The molecule has 0 bridgehead atoms. The largest absolute Gasteiger partial charge is 0.355 e. The second-order valence-corrected chi connectivity index (χ2v) is 7.45. The van der Waals surface area contributed by atoms with Crippen LogP contribution in [0, 0.1) is 13.8 Å².